The molecule has 2 N–H and O–H groups in total. The molecule has 0 aliphatic carbocycles. The molecule has 0 atom stereocenters. The monoisotopic (exact) mass is 207 g/mol. The van der Waals surface area contributed by atoms with Crippen LogP contribution < -0.4 is 5.73 Å². The Morgan fingerprint density at radius 3 is 2.00 bits per heavy atom. The summed E-state index contributed by atoms with van der Waals surface area (Å²) in [6.07, 6.45) is -0.159. The van der Waals surface area contributed by atoms with Crippen LogP contribution in [0.25, 0.3) is 0 Å². The van der Waals surface area contributed by atoms with Crippen LogP contribution in [0.4, 0.5) is 0 Å². The van der Waals surface area contributed by atoms with E-state index >= 15 is 0 Å². The number of primary amides is 1. The van der Waals surface area contributed by atoms with Gasteiger partial charge in [0, 0.05) is 5.56 Å². The van der Waals surface area contributed by atoms with Crippen molar-refractivity contribution in [2.24, 2.45) is 5.73 Å². The van der Waals surface area contributed by atoms with Crippen molar-refractivity contribution in [2.75, 3.05) is 0 Å². The molecule has 1 aromatic rings. The SMILES string of the molecule is CC(C)OC(=O)c1ccc(C(N)=O)cc1. The Hall–Kier alpha value is -1.84. The van der Waals surface area contributed by atoms with Gasteiger partial charge in [-0.2, -0.15) is 0 Å². The average Bonchev–Trinajstić information content (AvgIpc) is 2.17. The Labute approximate surface area is 88.0 Å². The molecule has 1 amide bonds. The fourth-order valence-corrected chi connectivity index (χ4v) is 1.05. The number of rotatable bonds is 3. The standard InChI is InChI=1S/C11H13NO3/c1-7(2)15-11(14)9-5-3-8(4-6-9)10(12)13/h3-7H,1-2H3,(H2,12,13). The summed E-state index contributed by atoms with van der Waals surface area (Å²) in [4.78, 5) is 22.2. The number of carbonyl (C=O) groups excluding carboxylic acids is 2. The molecule has 0 unspecified atom stereocenters. The van der Waals surface area contributed by atoms with E-state index in [1.54, 1.807) is 13.8 Å². The maximum Gasteiger partial charge on any atom is 0.338 e. The molecule has 0 fully saturated rings. The zero-order valence-corrected chi connectivity index (χ0v) is 8.69. The van der Waals surface area contributed by atoms with Crippen LogP contribution in [0.1, 0.15) is 34.6 Å². The quantitative estimate of drug-likeness (QED) is 0.760. The van der Waals surface area contributed by atoms with Crippen molar-refractivity contribution < 1.29 is 14.3 Å². The topological polar surface area (TPSA) is 69.4 Å². The van der Waals surface area contributed by atoms with Gasteiger partial charge in [-0.1, -0.05) is 0 Å². The van der Waals surface area contributed by atoms with Crippen LogP contribution in [0.2, 0.25) is 0 Å². The van der Waals surface area contributed by atoms with Gasteiger partial charge in [-0.25, -0.2) is 4.79 Å². The molecule has 0 bridgehead atoms. The highest BCUT2D eigenvalue weighted by atomic mass is 16.5. The van der Waals surface area contributed by atoms with Gasteiger partial charge in [-0.15, -0.1) is 0 Å². The summed E-state index contributed by atoms with van der Waals surface area (Å²) in [6, 6.07) is 6.04. The van der Waals surface area contributed by atoms with Crippen LogP contribution in [-0.2, 0) is 4.74 Å². The maximum absolute atomic E-state index is 11.4. The summed E-state index contributed by atoms with van der Waals surface area (Å²) in [7, 11) is 0. The highest BCUT2D eigenvalue weighted by molar-refractivity contribution is 5.95. The van der Waals surface area contributed by atoms with E-state index in [9.17, 15) is 9.59 Å². The first-order valence-electron chi connectivity index (χ1n) is 4.61. The summed E-state index contributed by atoms with van der Waals surface area (Å²) in [6.45, 7) is 3.55. The van der Waals surface area contributed by atoms with E-state index in [-0.39, 0.29) is 6.10 Å². The number of carbonyl (C=O) groups is 2. The zero-order valence-electron chi connectivity index (χ0n) is 8.69. The lowest BCUT2D eigenvalue weighted by Crippen LogP contribution is -2.13. The highest BCUT2D eigenvalue weighted by Gasteiger charge is 2.09. The minimum atomic E-state index is -0.515. The molecule has 80 valence electrons. The summed E-state index contributed by atoms with van der Waals surface area (Å²) < 4.78 is 4.98. The third-order valence-electron chi connectivity index (χ3n) is 1.75. The molecular weight excluding hydrogens is 194 g/mol. The molecule has 0 aromatic heterocycles. The molecule has 15 heavy (non-hydrogen) atoms. The lowest BCUT2D eigenvalue weighted by molar-refractivity contribution is 0.0377. The summed E-state index contributed by atoms with van der Waals surface area (Å²) in [5, 5.41) is 0. The second-order valence-corrected chi connectivity index (χ2v) is 3.40. The number of ether oxygens (including phenoxy) is 1. The molecule has 0 radical (unpaired) electrons. The molecule has 1 rings (SSSR count). The number of hydrogen-bond donors (Lipinski definition) is 1. The Bertz CT molecular complexity index is 368. The van der Waals surface area contributed by atoms with Gasteiger partial charge < -0.3 is 10.5 Å². The fourth-order valence-electron chi connectivity index (χ4n) is 1.05. The van der Waals surface area contributed by atoms with Crippen LogP contribution in [0, 0.1) is 0 Å². The second kappa shape index (κ2) is 4.59. The maximum atomic E-state index is 11.4. The third kappa shape index (κ3) is 3.09. The number of amides is 1. The van der Waals surface area contributed by atoms with Crippen molar-refractivity contribution in [2.45, 2.75) is 20.0 Å². The van der Waals surface area contributed by atoms with Gasteiger partial charge in [-0.3, -0.25) is 4.79 Å². The van der Waals surface area contributed by atoms with E-state index in [0.717, 1.165) is 0 Å². The lowest BCUT2D eigenvalue weighted by atomic mass is 10.1. The average molecular weight is 207 g/mol. The van der Waals surface area contributed by atoms with Gasteiger partial charge in [0.05, 0.1) is 11.7 Å². The van der Waals surface area contributed by atoms with Crippen molar-refractivity contribution in [1.29, 1.82) is 0 Å². The van der Waals surface area contributed by atoms with Crippen molar-refractivity contribution in [3.63, 3.8) is 0 Å². The summed E-state index contributed by atoms with van der Waals surface area (Å²) >= 11 is 0. The first-order chi connectivity index (χ1) is 7.00. The first-order valence-corrected chi connectivity index (χ1v) is 4.61. The molecule has 0 saturated carbocycles. The van der Waals surface area contributed by atoms with Gasteiger partial charge in [0.2, 0.25) is 5.91 Å². The van der Waals surface area contributed by atoms with Gasteiger partial charge in [0.25, 0.3) is 0 Å². The molecule has 1 aromatic carbocycles. The van der Waals surface area contributed by atoms with E-state index in [0.29, 0.717) is 11.1 Å². The van der Waals surface area contributed by atoms with Crippen LogP contribution >= 0.6 is 0 Å². The Kier molecular flexibility index (Phi) is 3.44. The number of hydrogen-bond acceptors (Lipinski definition) is 3. The molecule has 4 heteroatoms. The van der Waals surface area contributed by atoms with Crippen molar-refractivity contribution >= 4 is 11.9 Å². The predicted octanol–water partition coefficient (Wildman–Crippen LogP) is 1.35. The van der Waals surface area contributed by atoms with E-state index in [4.69, 9.17) is 10.5 Å². The van der Waals surface area contributed by atoms with Crippen molar-refractivity contribution in [3.05, 3.63) is 35.4 Å². The van der Waals surface area contributed by atoms with Gasteiger partial charge in [-0.05, 0) is 38.1 Å². The minimum Gasteiger partial charge on any atom is -0.459 e. The van der Waals surface area contributed by atoms with Crippen LogP contribution in [0.3, 0.4) is 0 Å². The third-order valence-corrected chi connectivity index (χ3v) is 1.75. The van der Waals surface area contributed by atoms with Gasteiger partial charge in [0.1, 0.15) is 0 Å². The Morgan fingerprint density at radius 1 is 1.13 bits per heavy atom. The molecule has 0 aliphatic heterocycles. The Balaban J connectivity index is 2.80. The molecule has 0 saturated heterocycles. The van der Waals surface area contributed by atoms with Gasteiger partial charge >= 0.3 is 5.97 Å². The van der Waals surface area contributed by atoms with E-state index in [1.807, 2.05) is 0 Å². The smallest absolute Gasteiger partial charge is 0.338 e. The van der Waals surface area contributed by atoms with E-state index < -0.39 is 11.9 Å². The second-order valence-electron chi connectivity index (χ2n) is 3.40. The molecular formula is C11H13NO3. The fraction of sp³-hybridized carbons (Fsp3) is 0.273. The van der Waals surface area contributed by atoms with Crippen molar-refractivity contribution in [3.8, 4) is 0 Å². The van der Waals surface area contributed by atoms with E-state index in [2.05, 4.69) is 0 Å². The number of esters is 1. The molecule has 0 spiro atoms. The Morgan fingerprint density at radius 2 is 1.60 bits per heavy atom. The largest absolute Gasteiger partial charge is 0.459 e. The van der Waals surface area contributed by atoms with Crippen molar-refractivity contribution in [1.82, 2.24) is 0 Å². The first kappa shape index (κ1) is 11.2. The molecule has 0 heterocycles. The van der Waals surface area contributed by atoms with Gasteiger partial charge in [0.15, 0.2) is 0 Å². The minimum absolute atomic E-state index is 0.159. The highest BCUT2D eigenvalue weighted by Crippen LogP contribution is 2.06. The van der Waals surface area contributed by atoms with Crippen LogP contribution in [0.15, 0.2) is 24.3 Å². The number of nitrogens with two attached hydrogens (primary N) is 1. The predicted molar refractivity (Wildman–Crippen MR) is 55.5 cm³/mol. The zero-order chi connectivity index (χ0) is 11.4. The summed E-state index contributed by atoms with van der Waals surface area (Å²) in [5.74, 6) is -0.917. The van der Waals surface area contributed by atoms with Crippen LogP contribution in [-0.4, -0.2) is 18.0 Å². The molecule has 0 aliphatic rings. The molecule has 4 nitrogen and oxygen atoms in total. The summed E-state index contributed by atoms with van der Waals surface area (Å²) in [5.41, 5.74) is 5.85. The van der Waals surface area contributed by atoms with Crippen LogP contribution in [0.5, 0.6) is 0 Å². The normalized spacial score (nSPS) is 10.1. The number of benzene rings is 1. The lowest BCUT2D eigenvalue weighted by Gasteiger charge is -2.07. The van der Waals surface area contributed by atoms with E-state index in [1.165, 1.54) is 24.3 Å².